The van der Waals surface area contributed by atoms with Gasteiger partial charge in [-0.05, 0) is 61.7 Å². The molecule has 0 spiro atoms. The summed E-state index contributed by atoms with van der Waals surface area (Å²) < 4.78 is 0. The molecule has 6 heteroatoms. The third-order valence-electron chi connectivity index (χ3n) is 6.74. The summed E-state index contributed by atoms with van der Waals surface area (Å²) in [5, 5.41) is 8.73. The van der Waals surface area contributed by atoms with Crippen LogP contribution in [0.2, 0.25) is 0 Å². The van der Waals surface area contributed by atoms with Crippen molar-refractivity contribution in [1.29, 1.82) is 0 Å². The van der Waals surface area contributed by atoms with Gasteiger partial charge < -0.3 is 9.88 Å². The van der Waals surface area contributed by atoms with Gasteiger partial charge >= 0.3 is 0 Å². The number of nitrogens with zero attached hydrogens (tertiary/aromatic N) is 3. The number of likely N-dealkylation sites (N-methyl/N-ethyl adjacent to an activating group) is 1. The average molecular weight is 448 g/mol. The molecular weight excluding hydrogens is 422 g/mol. The van der Waals surface area contributed by atoms with Gasteiger partial charge in [0.05, 0.1) is 27.7 Å². The van der Waals surface area contributed by atoms with Gasteiger partial charge in [0.25, 0.3) is 0 Å². The summed E-state index contributed by atoms with van der Waals surface area (Å²) in [7, 11) is 0. The van der Waals surface area contributed by atoms with Gasteiger partial charge in [-0.1, -0.05) is 48.6 Å². The highest BCUT2D eigenvalue weighted by Gasteiger charge is 2.43. The van der Waals surface area contributed by atoms with Crippen molar-refractivity contribution in [3.8, 4) is 11.5 Å². The molecule has 2 N–H and O–H groups in total. The minimum atomic E-state index is -0.548. The molecule has 6 nitrogen and oxygen atoms in total. The van der Waals surface area contributed by atoms with E-state index in [4.69, 9.17) is 4.98 Å². The lowest BCUT2D eigenvalue weighted by molar-refractivity contribution is -0.122. The van der Waals surface area contributed by atoms with Crippen LogP contribution in [-0.2, 0) is 10.2 Å². The molecule has 1 aliphatic rings. The number of hydrogen-bond donors (Lipinski definition) is 2. The monoisotopic (exact) mass is 447 g/mol. The number of carbonyl (C=O) groups excluding carboxylic acids is 1. The number of aromatic nitrogens is 4. The molecule has 5 aromatic rings. The molecule has 6 rings (SSSR count). The normalized spacial score (nSPS) is 15.1. The van der Waals surface area contributed by atoms with Gasteiger partial charge in [-0.3, -0.25) is 9.89 Å². The van der Waals surface area contributed by atoms with Gasteiger partial charge in [0.1, 0.15) is 5.69 Å². The smallest absolute Gasteiger partial charge is 0.237 e. The highest BCUT2D eigenvalue weighted by molar-refractivity contribution is 6.09. The van der Waals surface area contributed by atoms with Crippen LogP contribution in [0.25, 0.3) is 45.6 Å². The van der Waals surface area contributed by atoms with Gasteiger partial charge in [0.15, 0.2) is 5.82 Å². The summed E-state index contributed by atoms with van der Waals surface area (Å²) in [6, 6.07) is 20.6. The lowest BCUT2D eigenvalue weighted by Crippen LogP contribution is -2.35. The lowest BCUT2D eigenvalue weighted by atomic mass is 9.86. The molecule has 3 heterocycles. The maximum Gasteiger partial charge on any atom is 0.237 e. The SMILES string of the molecule is CCN1C(=O)C(C)(C)c2cc3[nH]c(-c4n[nH]c5cc(C=Cc6ccccc6)ccc45)nc3cc21. The lowest BCUT2D eigenvalue weighted by Gasteiger charge is -2.18. The largest absolute Gasteiger partial charge is 0.337 e. The summed E-state index contributed by atoms with van der Waals surface area (Å²) in [4.78, 5) is 23.0. The number of nitrogens with one attached hydrogen (secondary N) is 2. The van der Waals surface area contributed by atoms with E-state index in [-0.39, 0.29) is 5.91 Å². The van der Waals surface area contributed by atoms with Crippen molar-refractivity contribution in [1.82, 2.24) is 20.2 Å². The maximum atomic E-state index is 12.8. The Morgan fingerprint density at radius 3 is 2.56 bits per heavy atom. The Balaban J connectivity index is 1.38. The quantitative estimate of drug-likeness (QED) is 0.336. The van der Waals surface area contributed by atoms with Gasteiger partial charge in [0.2, 0.25) is 5.91 Å². The van der Waals surface area contributed by atoms with Gasteiger partial charge in [-0.25, -0.2) is 4.98 Å². The van der Waals surface area contributed by atoms with E-state index < -0.39 is 5.41 Å². The maximum absolute atomic E-state index is 12.8. The number of fused-ring (bicyclic) bond motifs is 3. The number of anilines is 1. The van der Waals surface area contributed by atoms with Crippen LogP contribution in [0.5, 0.6) is 0 Å². The number of H-pyrrole nitrogens is 2. The molecule has 0 fully saturated rings. The number of rotatable bonds is 4. The summed E-state index contributed by atoms with van der Waals surface area (Å²) in [5.41, 5.74) is 7.17. The van der Waals surface area contributed by atoms with Crippen molar-refractivity contribution in [3.63, 3.8) is 0 Å². The van der Waals surface area contributed by atoms with E-state index in [1.807, 2.05) is 49.9 Å². The molecule has 2 aromatic heterocycles. The molecule has 0 atom stereocenters. The standard InChI is InChI=1S/C28H25N5O/c1-4-33-24-16-23-22(15-20(24)28(2,3)27(33)34)29-26(30-23)25-19-13-12-18(14-21(19)31-32-25)11-10-17-8-6-5-7-9-17/h5-16H,4H2,1-3H3,(H,29,30)(H,31,32). The molecule has 0 aliphatic carbocycles. The zero-order valence-electron chi connectivity index (χ0n) is 19.4. The predicted octanol–water partition coefficient (Wildman–Crippen LogP) is 5.92. The Morgan fingerprint density at radius 2 is 1.76 bits per heavy atom. The number of carbonyl (C=O) groups is 1. The minimum Gasteiger partial charge on any atom is -0.337 e. The van der Waals surface area contributed by atoms with Crippen molar-refractivity contribution in [2.45, 2.75) is 26.2 Å². The van der Waals surface area contributed by atoms with Crippen molar-refractivity contribution < 1.29 is 4.79 Å². The fourth-order valence-electron chi connectivity index (χ4n) is 4.84. The summed E-state index contributed by atoms with van der Waals surface area (Å²) in [6.07, 6.45) is 4.20. The third kappa shape index (κ3) is 3.06. The highest BCUT2D eigenvalue weighted by Crippen LogP contribution is 2.43. The molecule has 0 bridgehead atoms. The van der Waals surface area contributed by atoms with Crippen LogP contribution in [0.4, 0.5) is 5.69 Å². The number of aromatic amines is 2. The Hall–Kier alpha value is -4.19. The minimum absolute atomic E-state index is 0.133. The van der Waals surface area contributed by atoms with Crippen LogP contribution in [-0.4, -0.2) is 32.6 Å². The Bertz CT molecular complexity index is 1590. The zero-order chi connectivity index (χ0) is 23.4. The zero-order valence-corrected chi connectivity index (χ0v) is 19.4. The first kappa shape index (κ1) is 20.4. The van der Waals surface area contributed by atoms with Crippen molar-refractivity contribution >= 4 is 45.7 Å². The highest BCUT2D eigenvalue weighted by atomic mass is 16.2. The summed E-state index contributed by atoms with van der Waals surface area (Å²) in [6.45, 7) is 6.61. The van der Waals surface area contributed by atoms with Crippen LogP contribution < -0.4 is 4.90 Å². The molecule has 0 unspecified atom stereocenters. The number of amides is 1. The number of benzene rings is 3. The van der Waals surface area contributed by atoms with Crippen LogP contribution >= 0.6 is 0 Å². The van der Waals surface area contributed by atoms with E-state index in [1.54, 1.807) is 0 Å². The van der Waals surface area contributed by atoms with E-state index in [0.29, 0.717) is 12.4 Å². The number of imidazole rings is 1. The first-order chi connectivity index (χ1) is 16.5. The van der Waals surface area contributed by atoms with Gasteiger partial charge in [-0.15, -0.1) is 0 Å². The molecule has 1 amide bonds. The van der Waals surface area contributed by atoms with E-state index in [0.717, 1.165) is 50.0 Å². The molecule has 168 valence electrons. The molecule has 34 heavy (non-hydrogen) atoms. The molecular formula is C28H25N5O. The van der Waals surface area contributed by atoms with Gasteiger partial charge in [0, 0.05) is 11.9 Å². The topological polar surface area (TPSA) is 77.7 Å². The molecule has 0 radical (unpaired) electrons. The van der Waals surface area contributed by atoms with Crippen molar-refractivity contribution in [2.75, 3.05) is 11.4 Å². The van der Waals surface area contributed by atoms with E-state index in [9.17, 15) is 4.79 Å². The van der Waals surface area contributed by atoms with E-state index in [2.05, 4.69) is 63.7 Å². The second kappa shape index (κ2) is 7.42. The average Bonchev–Trinajstić information content (AvgIpc) is 3.50. The van der Waals surface area contributed by atoms with Crippen molar-refractivity contribution in [3.05, 3.63) is 77.4 Å². The first-order valence-corrected chi connectivity index (χ1v) is 11.5. The molecule has 1 aliphatic heterocycles. The molecule has 3 aromatic carbocycles. The number of hydrogen-bond acceptors (Lipinski definition) is 3. The fourth-order valence-corrected chi connectivity index (χ4v) is 4.84. The van der Waals surface area contributed by atoms with E-state index >= 15 is 0 Å². The Morgan fingerprint density at radius 1 is 0.971 bits per heavy atom. The second-order valence-electron chi connectivity index (χ2n) is 9.27. The van der Waals surface area contributed by atoms with Crippen LogP contribution in [0, 0.1) is 0 Å². The molecule has 0 saturated heterocycles. The fraction of sp³-hybridized carbons (Fsp3) is 0.179. The summed E-state index contributed by atoms with van der Waals surface area (Å²) in [5.74, 6) is 0.845. The third-order valence-corrected chi connectivity index (χ3v) is 6.74. The van der Waals surface area contributed by atoms with Crippen LogP contribution in [0.1, 0.15) is 37.5 Å². The van der Waals surface area contributed by atoms with Crippen LogP contribution in [0.15, 0.2) is 60.7 Å². The summed E-state index contributed by atoms with van der Waals surface area (Å²) >= 11 is 0. The molecule has 0 saturated carbocycles. The second-order valence-corrected chi connectivity index (χ2v) is 9.27. The Labute approximate surface area is 197 Å². The Kier molecular flexibility index (Phi) is 4.45. The predicted molar refractivity (Wildman–Crippen MR) is 138 cm³/mol. The van der Waals surface area contributed by atoms with Crippen LogP contribution in [0.3, 0.4) is 0 Å². The van der Waals surface area contributed by atoms with E-state index in [1.165, 1.54) is 0 Å². The first-order valence-electron chi connectivity index (χ1n) is 11.5. The van der Waals surface area contributed by atoms with Gasteiger partial charge in [-0.2, -0.15) is 5.10 Å². The van der Waals surface area contributed by atoms with Crippen molar-refractivity contribution in [2.24, 2.45) is 0 Å².